The SMILES string of the molecule is COc1c(Cl)cc(C2C3=C(CC(C)(C)CC3=O)N(CC(=O)O)C3=C2C(=O)CC(C)(C)C3)cc1Cl. The molecule has 1 aromatic carbocycles. The summed E-state index contributed by atoms with van der Waals surface area (Å²) in [4.78, 5) is 40.8. The lowest BCUT2D eigenvalue weighted by molar-refractivity contribution is -0.138. The number of Topliss-reactive ketones (excluding diaryl/α,β-unsaturated/α-hetero) is 2. The molecule has 0 bridgehead atoms. The zero-order chi connectivity index (χ0) is 25.2. The molecule has 8 heteroatoms. The molecular formula is C26H29Cl2NO5. The number of ketones is 2. The number of methoxy groups -OCH3 is 1. The van der Waals surface area contributed by atoms with Gasteiger partial charge in [0.2, 0.25) is 0 Å². The number of carbonyl (C=O) groups excluding carboxylic acids is 2. The third-order valence-corrected chi connectivity index (χ3v) is 7.43. The number of carbonyl (C=O) groups is 3. The highest BCUT2D eigenvalue weighted by Crippen LogP contribution is 2.55. The van der Waals surface area contributed by atoms with Crippen LogP contribution in [0, 0.1) is 10.8 Å². The highest BCUT2D eigenvalue weighted by molar-refractivity contribution is 6.37. The number of nitrogens with zero attached hydrogens (tertiary/aromatic N) is 1. The number of halogens is 2. The van der Waals surface area contributed by atoms with Crippen molar-refractivity contribution >= 4 is 40.7 Å². The van der Waals surface area contributed by atoms with E-state index in [-0.39, 0.29) is 39.0 Å². The molecule has 0 spiro atoms. The second-order valence-electron chi connectivity index (χ2n) is 11.0. The lowest BCUT2D eigenvalue weighted by Crippen LogP contribution is -2.45. The molecule has 1 aromatic rings. The zero-order valence-electron chi connectivity index (χ0n) is 20.1. The summed E-state index contributed by atoms with van der Waals surface area (Å²) in [6.07, 6.45) is 1.67. The van der Waals surface area contributed by atoms with Crippen molar-refractivity contribution in [2.24, 2.45) is 10.8 Å². The van der Waals surface area contributed by atoms with Crippen LogP contribution in [0.5, 0.6) is 5.75 Å². The largest absolute Gasteiger partial charge is 0.494 e. The van der Waals surface area contributed by atoms with Crippen molar-refractivity contribution in [1.29, 1.82) is 0 Å². The van der Waals surface area contributed by atoms with Crippen molar-refractivity contribution in [1.82, 2.24) is 4.90 Å². The Morgan fingerprint density at radius 1 is 0.971 bits per heavy atom. The van der Waals surface area contributed by atoms with E-state index in [1.54, 1.807) is 17.0 Å². The molecular weight excluding hydrogens is 477 g/mol. The number of hydrogen-bond donors (Lipinski definition) is 1. The van der Waals surface area contributed by atoms with Gasteiger partial charge in [0.15, 0.2) is 17.3 Å². The van der Waals surface area contributed by atoms with E-state index < -0.39 is 11.9 Å². The standard InChI is InChI=1S/C26H29Cl2NO5/c1-25(2)8-16-22(18(30)10-25)21(13-6-14(27)24(34-5)15(28)7-13)23-17(29(16)12-20(32)33)9-26(3,4)11-19(23)31/h6-7,21H,8-12H2,1-5H3,(H,32,33). The minimum absolute atomic E-state index is 0.0844. The number of aliphatic carboxylic acids is 1. The van der Waals surface area contributed by atoms with Crippen LogP contribution in [0.2, 0.25) is 10.0 Å². The lowest BCUT2D eigenvalue weighted by atomic mass is 9.63. The van der Waals surface area contributed by atoms with Crippen LogP contribution in [0.25, 0.3) is 0 Å². The molecule has 2 aliphatic carbocycles. The molecule has 182 valence electrons. The smallest absolute Gasteiger partial charge is 0.323 e. The second kappa shape index (κ2) is 8.42. The first-order valence-electron chi connectivity index (χ1n) is 11.3. The predicted octanol–water partition coefficient (Wildman–Crippen LogP) is 5.77. The highest BCUT2D eigenvalue weighted by Gasteiger charge is 2.49. The molecule has 0 radical (unpaired) electrons. The highest BCUT2D eigenvalue weighted by atomic mass is 35.5. The summed E-state index contributed by atoms with van der Waals surface area (Å²) in [7, 11) is 1.47. The molecule has 6 nitrogen and oxygen atoms in total. The van der Waals surface area contributed by atoms with E-state index in [2.05, 4.69) is 0 Å². The normalized spacial score (nSPS) is 22.0. The van der Waals surface area contributed by atoms with Crippen LogP contribution in [-0.2, 0) is 14.4 Å². The first-order chi connectivity index (χ1) is 15.7. The number of allylic oxidation sites excluding steroid dienone is 4. The van der Waals surface area contributed by atoms with Crippen LogP contribution in [0.4, 0.5) is 0 Å². The predicted molar refractivity (Wildman–Crippen MR) is 130 cm³/mol. The van der Waals surface area contributed by atoms with Gasteiger partial charge in [-0.3, -0.25) is 14.4 Å². The average Bonchev–Trinajstić information content (AvgIpc) is 2.66. The molecule has 4 rings (SSSR count). The van der Waals surface area contributed by atoms with Crippen molar-refractivity contribution in [3.05, 3.63) is 50.3 Å². The van der Waals surface area contributed by atoms with Crippen molar-refractivity contribution in [2.45, 2.75) is 59.3 Å². The summed E-state index contributed by atoms with van der Waals surface area (Å²) in [5.74, 6) is -1.51. The fourth-order valence-electron chi connectivity index (χ4n) is 5.65. The summed E-state index contributed by atoms with van der Waals surface area (Å²) >= 11 is 12.9. The van der Waals surface area contributed by atoms with Crippen LogP contribution in [-0.4, -0.2) is 41.2 Å². The van der Waals surface area contributed by atoms with E-state index in [1.165, 1.54) is 7.11 Å². The first-order valence-corrected chi connectivity index (χ1v) is 12.0. The summed E-state index contributed by atoms with van der Waals surface area (Å²) in [5, 5.41) is 10.3. The minimum atomic E-state index is -1.01. The van der Waals surface area contributed by atoms with E-state index in [9.17, 15) is 19.5 Å². The van der Waals surface area contributed by atoms with Crippen LogP contribution in [0.3, 0.4) is 0 Å². The quantitative estimate of drug-likeness (QED) is 0.558. The maximum Gasteiger partial charge on any atom is 0.323 e. The molecule has 3 aliphatic rings. The van der Waals surface area contributed by atoms with Gasteiger partial charge in [-0.1, -0.05) is 50.9 Å². The topological polar surface area (TPSA) is 83.9 Å². The molecule has 0 atom stereocenters. The number of benzene rings is 1. The van der Waals surface area contributed by atoms with Crippen molar-refractivity contribution in [2.75, 3.05) is 13.7 Å². The number of ether oxygens (including phenoxy) is 1. The zero-order valence-corrected chi connectivity index (χ0v) is 21.6. The van der Waals surface area contributed by atoms with Gasteiger partial charge in [0.1, 0.15) is 6.54 Å². The summed E-state index contributed by atoms with van der Waals surface area (Å²) in [6.45, 7) is 7.71. The summed E-state index contributed by atoms with van der Waals surface area (Å²) < 4.78 is 5.29. The molecule has 1 heterocycles. The van der Waals surface area contributed by atoms with Gasteiger partial charge >= 0.3 is 5.97 Å². The Labute approximate surface area is 209 Å². The Hall–Kier alpha value is -2.31. The minimum Gasteiger partial charge on any atom is -0.494 e. The lowest BCUT2D eigenvalue weighted by Gasteiger charge is -2.48. The molecule has 1 aliphatic heterocycles. The number of rotatable bonds is 4. The Morgan fingerprint density at radius 2 is 1.41 bits per heavy atom. The molecule has 0 fully saturated rings. The Kier molecular flexibility index (Phi) is 6.14. The van der Waals surface area contributed by atoms with Gasteiger partial charge < -0.3 is 14.7 Å². The van der Waals surface area contributed by atoms with Gasteiger partial charge in [0.25, 0.3) is 0 Å². The van der Waals surface area contributed by atoms with E-state index in [0.717, 1.165) is 0 Å². The number of carboxylic acids is 1. The monoisotopic (exact) mass is 505 g/mol. The fourth-order valence-corrected chi connectivity index (χ4v) is 6.31. The van der Waals surface area contributed by atoms with E-state index in [0.29, 0.717) is 59.5 Å². The maximum absolute atomic E-state index is 13.6. The van der Waals surface area contributed by atoms with Gasteiger partial charge in [-0.2, -0.15) is 0 Å². The van der Waals surface area contributed by atoms with Crippen molar-refractivity contribution < 1.29 is 24.2 Å². The fraction of sp³-hybridized carbons (Fsp3) is 0.500. The summed E-state index contributed by atoms with van der Waals surface area (Å²) in [6, 6.07) is 3.39. The Morgan fingerprint density at radius 3 is 1.79 bits per heavy atom. The number of hydrogen-bond acceptors (Lipinski definition) is 5. The van der Waals surface area contributed by atoms with Crippen LogP contribution in [0.1, 0.15) is 64.9 Å². The van der Waals surface area contributed by atoms with Gasteiger partial charge in [-0.05, 0) is 41.4 Å². The Bertz CT molecular complexity index is 1100. The van der Waals surface area contributed by atoms with Crippen molar-refractivity contribution in [3.63, 3.8) is 0 Å². The van der Waals surface area contributed by atoms with Gasteiger partial charge in [-0.15, -0.1) is 0 Å². The molecule has 0 amide bonds. The van der Waals surface area contributed by atoms with Gasteiger partial charge in [-0.25, -0.2) is 0 Å². The van der Waals surface area contributed by atoms with Gasteiger partial charge in [0, 0.05) is 41.3 Å². The third-order valence-electron chi connectivity index (χ3n) is 6.87. The maximum atomic E-state index is 13.6. The van der Waals surface area contributed by atoms with E-state index in [4.69, 9.17) is 27.9 Å². The molecule has 0 aromatic heterocycles. The van der Waals surface area contributed by atoms with E-state index in [1.807, 2.05) is 27.7 Å². The average molecular weight is 506 g/mol. The number of carboxylic acid groups (broad SMARTS) is 1. The molecule has 0 saturated heterocycles. The Balaban J connectivity index is 2.03. The molecule has 34 heavy (non-hydrogen) atoms. The summed E-state index contributed by atoms with van der Waals surface area (Å²) in [5.41, 5.74) is 2.28. The molecule has 0 saturated carbocycles. The van der Waals surface area contributed by atoms with Crippen LogP contribution in [0.15, 0.2) is 34.7 Å². The van der Waals surface area contributed by atoms with Crippen molar-refractivity contribution in [3.8, 4) is 5.75 Å². The second-order valence-corrected chi connectivity index (χ2v) is 11.8. The third kappa shape index (κ3) is 4.27. The van der Waals surface area contributed by atoms with Gasteiger partial charge in [0.05, 0.1) is 17.2 Å². The molecule has 0 unspecified atom stereocenters. The van der Waals surface area contributed by atoms with Crippen LogP contribution >= 0.6 is 23.2 Å². The molecule has 1 N–H and O–H groups in total. The van der Waals surface area contributed by atoms with Crippen LogP contribution < -0.4 is 4.74 Å². The van der Waals surface area contributed by atoms with E-state index >= 15 is 0 Å². The first kappa shape index (κ1) is 24.8.